The van der Waals surface area contributed by atoms with Crippen molar-refractivity contribution >= 4 is 16.6 Å². The molecule has 3 heterocycles. The molecule has 4 aromatic rings. The summed E-state index contributed by atoms with van der Waals surface area (Å²) in [6.45, 7) is 5.03. The van der Waals surface area contributed by atoms with Crippen LogP contribution < -0.4 is 15.2 Å². The molecule has 1 saturated heterocycles. The Hall–Kier alpha value is -3.79. The van der Waals surface area contributed by atoms with Crippen LogP contribution in [0.3, 0.4) is 0 Å². The molecule has 0 bridgehead atoms. The maximum Gasteiger partial charge on any atom is 0.253 e. The van der Waals surface area contributed by atoms with Crippen LogP contribution in [0, 0.1) is 5.82 Å². The van der Waals surface area contributed by atoms with Gasteiger partial charge in [-0.25, -0.2) is 9.07 Å². The predicted octanol–water partition coefficient (Wildman–Crippen LogP) is 4.47. The predicted molar refractivity (Wildman–Crippen MR) is 148 cm³/mol. The number of aromatic amines is 1. The minimum absolute atomic E-state index is 0.161. The molecule has 1 saturated carbocycles. The average Bonchev–Trinajstić information content (AvgIpc) is 3.44. The number of tetrazole rings is 1. The molecule has 2 aromatic heterocycles. The molecule has 39 heavy (non-hydrogen) atoms. The smallest absolute Gasteiger partial charge is 0.253 e. The number of pyridine rings is 1. The fourth-order valence-electron chi connectivity index (χ4n) is 6.06. The van der Waals surface area contributed by atoms with Crippen molar-refractivity contribution in [2.75, 3.05) is 37.7 Å². The van der Waals surface area contributed by atoms with Gasteiger partial charge in [-0.2, -0.15) is 0 Å². The highest BCUT2D eigenvalue weighted by molar-refractivity contribution is 5.80. The zero-order valence-corrected chi connectivity index (χ0v) is 22.2. The minimum atomic E-state index is -0.436. The van der Waals surface area contributed by atoms with E-state index in [1.165, 1.54) is 12.5 Å². The lowest BCUT2D eigenvalue weighted by Gasteiger charge is -2.40. The average molecular weight is 532 g/mol. The summed E-state index contributed by atoms with van der Waals surface area (Å²) in [6.07, 6.45) is 5.57. The zero-order valence-electron chi connectivity index (χ0n) is 22.2. The van der Waals surface area contributed by atoms with Gasteiger partial charge in [0, 0.05) is 42.6 Å². The van der Waals surface area contributed by atoms with Gasteiger partial charge in [-0.15, -0.1) is 5.10 Å². The highest BCUT2D eigenvalue weighted by Gasteiger charge is 2.34. The van der Waals surface area contributed by atoms with Gasteiger partial charge in [0.05, 0.1) is 18.3 Å². The molecular weight excluding hydrogens is 497 g/mol. The maximum absolute atomic E-state index is 14.5. The van der Waals surface area contributed by atoms with Gasteiger partial charge >= 0.3 is 0 Å². The minimum Gasteiger partial charge on any atom is -0.494 e. The van der Waals surface area contributed by atoms with Crippen LogP contribution in [0.4, 0.5) is 10.1 Å². The number of rotatable bonds is 7. The van der Waals surface area contributed by atoms with Crippen LogP contribution in [-0.2, 0) is 0 Å². The van der Waals surface area contributed by atoms with Crippen molar-refractivity contribution in [1.29, 1.82) is 0 Å². The Balaban J connectivity index is 1.39. The van der Waals surface area contributed by atoms with E-state index in [1.807, 2.05) is 48.0 Å². The Kier molecular flexibility index (Phi) is 7.28. The molecule has 9 nitrogen and oxygen atoms in total. The van der Waals surface area contributed by atoms with Crippen molar-refractivity contribution in [2.45, 2.75) is 51.1 Å². The van der Waals surface area contributed by atoms with Gasteiger partial charge in [-0.05, 0) is 66.6 Å². The molecule has 1 aliphatic heterocycles. The third-order valence-electron chi connectivity index (χ3n) is 8.01. The van der Waals surface area contributed by atoms with E-state index in [2.05, 4.69) is 30.3 Å². The van der Waals surface area contributed by atoms with Crippen LogP contribution in [0.5, 0.6) is 5.75 Å². The summed E-state index contributed by atoms with van der Waals surface area (Å²) in [5, 5.41) is 13.9. The van der Waals surface area contributed by atoms with Crippen LogP contribution in [0.2, 0.25) is 0 Å². The fraction of sp³-hybridized carbons (Fsp3) is 0.448. The second-order valence-corrected chi connectivity index (χ2v) is 10.4. The molecule has 10 heteroatoms. The molecule has 0 radical (unpaired) electrons. The molecule has 6 rings (SSSR count). The number of para-hydroxylation sites is 1. The molecular formula is C29H34FN7O2. The van der Waals surface area contributed by atoms with Crippen LogP contribution >= 0.6 is 0 Å². The largest absolute Gasteiger partial charge is 0.494 e. The number of halogens is 1. The number of piperazine rings is 1. The first-order chi connectivity index (χ1) is 19.1. The van der Waals surface area contributed by atoms with Gasteiger partial charge in [-0.3, -0.25) is 9.69 Å². The normalized spacial score (nSPS) is 17.9. The lowest BCUT2D eigenvalue weighted by molar-refractivity contribution is 0.192. The molecule has 1 N–H and O–H groups in total. The summed E-state index contributed by atoms with van der Waals surface area (Å²) in [4.78, 5) is 21.0. The van der Waals surface area contributed by atoms with E-state index >= 15 is 0 Å². The number of anilines is 1. The van der Waals surface area contributed by atoms with E-state index in [1.54, 1.807) is 6.07 Å². The van der Waals surface area contributed by atoms with Crippen molar-refractivity contribution in [3.8, 4) is 5.75 Å². The quantitative estimate of drug-likeness (QED) is 0.376. The van der Waals surface area contributed by atoms with Gasteiger partial charge in [0.15, 0.2) is 5.82 Å². The number of benzene rings is 2. The van der Waals surface area contributed by atoms with Crippen molar-refractivity contribution in [1.82, 2.24) is 30.1 Å². The Morgan fingerprint density at radius 1 is 1.05 bits per heavy atom. The van der Waals surface area contributed by atoms with Gasteiger partial charge in [0.25, 0.3) is 5.56 Å². The van der Waals surface area contributed by atoms with E-state index in [0.717, 1.165) is 42.3 Å². The van der Waals surface area contributed by atoms with Gasteiger partial charge in [0.2, 0.25) is 0 Å². The summed E-state index contributed by atoms with van der Waals surface area (Å²) < 4.78 is 22.2. The molecule has 0 spiro atoms. The molecule has 1 unspecified atom stereocenters. The Morgan fingerprint density at radius 2 is 1.85 bits per heavy atom. The van der Waals surface area contributed by atoms with Gasteiger partial charge < -0.3 is 14.6 Å². The van der Waals surface area contributed by atoms with Crippen molar-refractivity contribution in [2.24, 2.45) is 0 Å². The monoisotopic (exact) mass is 531 g/mol. The number of nitrogens with one attached hydrogen (secondary N) is 1. The lowest BCUT2D eigenvalue weighted by Crippen LogP contribution is -2.49. The van der Waals surface area contributed by atoms with Gasteiger partial charge in [0.1, 0.15) is 17.6 Å². The number of ether oxygens (including phenoxy) is 1. The standard InChI is InChI=1S/C29H34FN7O2/c1-2-39-22-12-13-25-20(18-22)19-23(29(38)31-25)27(28-32-33-34-37(28)21-8-4-3-5-9-21)36-16-14-35(15-17-36)26-11-7-6-10-24(26)30/h6-7,10-13,18-19,21,27H,2-5,8-9,14-17H2,1H3,(H,31,38). The number of nitrogens with zero attached hydrogens (tertiary/aromatic N) is 6. The Bertz CT molecular complexity index is 1490. The maximum atomic E-state index is 14.5. The second kappa shape index (κ2) is 11.1. The van der Waals surface area contributed by atoms with E-state index in [9.17, 15) is 9.18 Å². The van der Waals surface area contributed by atoms with E-state index in [-0.39, 0.29) is 17.4 Å². The van der Waals surface area contributed by atoms with Crippen molar-refractivity contribution < 1.29 is 9.13 Å². The highest BCUT2D eigenvalue weighted by Crippen LogP contribution is 2.34. The third-order valence-corrected chi connectivity index (χ3v) is 8.01. The topological polar surface area (TPSA) is 92.2 Å². The lowest BCUT2D eigenvalue weighted by atomic mass is 9.95. The van der Waals surface area contributed by atoms with Gasteiger partial charge in [-0.1, -0.05) is 31.4 Å². The van der Waals surface area contributed by atoms with Crippen LogP contribution in [0.25, 0.3) is 10.9 Å². The summed E-state index contributed by atoms with van der Waals surface area (Å²) in [5.41, 5.74) is 1.80. The third kappa shape index (κ3) is 5.13. The summed E-state index contributed by atoms with van der Waals surface area (Å²) >= 11 is 0. The van der Waals surface area contributed by atoms with Crippen molar-refractivity contribution in [3.05, 3.63) is 76.1 Å². The number of hydrogen-bond donors (Lipinski definition) is 1. The second-order valence-electron chi connectivity index (χ2n) is 10.4. The van der Waals surface area contributed by atoms with Crippen LogP contribution in [0.15, 0.2) is 53.3 Å². The SMILES string of the molecule is CCOc1ccc2[nH]c(=O)c(C(c3nnnn3C3CCCCC3)N3CCN(c4ccccc4F)CC3)cc2c1. The first-order valence-electron chi connectivity index (χ1n) is 13.9. The number of hydrogen-bond acceptors (Lipinski definition) is 7. The molecule has 2 fully saturated rings. The van der Waals surface area contributed by atoms with E-state index < -0.39 is 6.04 Å². The summed E-state index contributed by atoms with van der Waals surface area (Å²) in [7, 11) is 0. The van der Waals surface area contributed by atoms with Crippen LogP contribution in [-0.4, -0.2) is 62.9 Å². The van der Waals surface area contributed by atoms with E-state index in [0.29, 0.717) is 49.9 Å². The molecule has 204 valence electrons. The van der Waals surface area contributed by atoms with E-state index in [4.69, 9.17) is 4.74 Å². The molecule has 0 amide bonds. The van der Waals surface area contributed by atoms with Crippen LogP contribution in [0.1, 0.15) is 62.5 Å². The summed E-state index contributed by atoms with van der Waals surface area (Å²) in [5.74, 6) is 1.22. The molecule has 2 aliphatic rings. The number of H-pyrrole nitrogens is 1. The Labute approximate surface area is 226 Å². The first kappa shape index (κ1) is 25.5. The molecule has 1 atom stereocenters. The van der Waals surface area contributed by atoms with Crippen molar-refractivity contribution in [3.63, 3.8) is 0 Å². The summed E-state index contributed by atoms with van der Waals surface area (Å²) in [6, 6.07) is 14.3. The number of fused-ring (bicyclic) bond motifs is 1. The number of aromatic nitrogens is 5. The zero-order chi connectivity index (χ0) is 26.8. The Morgan fingerprint density at radius 3 is 2.62 bits per heavy atom. The fourth-order valence-corrected chi connectivity index (χ4v) is 6.06. The first-order valence-corrected chi connectivity index (χ1v) is 13.9. The highest BCUT2D eigenvalue weighted by atomic mass is 19.1. The molecule has 2 aromatic carbocycles. The molecule has 1 aliphatic carbocycles.